The minimum absolute atomic E-state index is 0.0713. The van der Waals surface area contributed by atoms with Gasteiger partial charge < -0.3 is 5.32 Å². The van der Waals surface area contributed by atoms with E-state index < -0.39 is 5.82 Å². The minimum Gasteiger partial charge on any atom is -0.306 e. The zero-order valence-electron chi connectivity index (χ0n) is 10.3. The van der Waals surface area contributed by atoms with E-state index in [0.29, 0.717) is 0 Å². The van der Waals surface area contributed by atoms with Crippen LogP contribution in [0.4, 0.5) is 4.39 Å². The summed E-state index contributed by atoms with van der Waals surface area (Å²) in [6, 6.07) is 7.40. The summed E-state index contributed by atoms with van der Waals surface area (Å²) in [4.78, 5) is 0. The second-order valence-corrected chi connectivity index (χ2v) is 5.24. The van der Waals surface area contributed by atoms with Gasteiger partial charge in [-0.3, -0.25) is 0 Å². The van der Waals surface area contributed by atoms with E-state index in [9.17, 15) is 4.39 Å². The van der Waals surface area contributed by atoms with Crippen molar-refractivity contribution in [1.29, 1.82) is 5.26 Å². The summed E-state index contributed by atoms with van der Waals surface area (Å²) in [5.74, 6) is -0.313. The Labute approximate surface area is 112 Å². The molecule has 1 aromatic carbocycles. The molecule has 1 saturated carbocycles. The van der Waals surface area contributed by atoms with Crippen LogP contribution in [0.2, 0.25) is 5.02 Å². The molecule has 4 heteroatoms. The molecule has 1 aromatic rings. The van der Waals surface area contributed by atoms with Crippen LogP contribution in [0.25, 0.3) is 0 Å². The van der Waals surface area contributed by atoms with E-state index >= 15 is 0 Å². The molecule has 18 heavy (non-hydrogen) atoms. The highest BCUT2D eigenvalue weighted by Crippen LogP contribution is 2.28. The standard InChI is InChI=1S/C14H16ClFN2/c1-9(10-5-6-13(16)12(15)7-10)18-14-4-2-3-11(14)8-17/h5-7,9,11,14,18H,2-4H2,1H3. The van der Waals surface area contributed by atoms with Crippen LogP contribution in [0.15, 0.2) is 18.2 Å². The number of halogens is 2. The SMILES string of the molecule is CC(NC1CCCC1C#N)c1ccc(F)c(Cl)c1. The summed E-state index contributed by atoms with van der Waals surface area (Å²) in [5, 5.41) is 12.6. The van der Waals surface area contributed by atoms with Gasteiger partial charge in [0, 0.05) is 12.1 Å². The fourth-order valence-corrected chi connectivity index (χ4v) is 2.70. The molecule has 0 spiro atoms. The Morgan fingerprint density at radius 2 is 2.28 bits per heavy atom. The smallest absolute Gasteiger partial charge is 0.141 e. The molecule has 1 aliphatic carbocycles. The Hall–Kier alpha value is -1.11. The molecule has 2 rings (SSSR count). The van der Waals surface area contributed by atoms with E-state index in [4.69, 9.17) is 16.9 Å². The van der Waals surface area contributed by atoms with Gasteiger partial charge in [0.2, 0.25) is 0 Å². The predicted octanol–water partition coefficient (Wildman–Crippen LogP) is 3.82. The van der Waals surface area contributed by atoms with Gasteiger partial charge >= 0.3 is 0 Å². The molecule has 0 radical (unpaired) electrons. The van der Waals surface area contributed by atoms with Gasteiger partial charge in [0.05, 0.1) is 17.0 Å². The third-order valence-corrected chi connectivity index (χ3v) is 3.88. The average Bonchev–Trinajstić information content (AvgIpc) is 2.79. The molecule has 1 N–H and O–H groups in total. The third-order valence-electron chi connectivity index (χ3n) is 3.59. The molecule has 1 fully saturated rings. The molecule has 0 aromatic heterocycles. The Morgan fingerprint density at radius 3 is 2.94 bits per heavy atom. The maximum Gasteiger partial charge on any atom is 0.141 e. The minimum atomic E-state index is -0.400. The van der Waals surface area contributed by atoms with Crippen molar-refractivity contribution in [2.75, 3.05) is 0 Å². The molecule has 0 heterocycles. The Bertz CT molecular complexity index is 469. The van der Waals surface area contributed by atoms with Gasteiger partial charge in [-0.05, 0) is 37.5 Å². The molecule has 0 amide bonds. The monoisotopic (exact) mass is 266 g/mol. The van der Waals surface area contributed by atoms with Gasteiger partial charge in [-0.15, -0.1) is 0 Å². The maximum atomic E-state index is 13.1. The number of benzene rings is 1. The molecular weight excluding hydrogens is 251 g/mol. The molecular formula is C14H16ClFN2. The van der Waals surface area contributed by atoms with Crippen LogP contribution in [-0.4, -0.2) is 6.04 Å². The predicted molar refractivity (Wildman–Crippen MR) is 69.7 cm³/mol. The number of hydrogen-bond donors (Lipinski definition) is 1. The highest BCUT2D eigenvalue weighted by atomic mass is 35.5. The van der Waals surface area contributed by atoms with Crippen molar-refractivity contribution in [3.05, 3.63) is 34.6 Å². The largest absolute Gasteiger partial charge is 0.306 e. The van der Waals surface area contributed by atoms with E-state index in [2.05, 4.69) is 11.4 Å². The summed E-state index contributed by atoms with van der Waals surface area (Å²) in [7, 11) is 0. The van der Waals surface area contributed by atoms with Crippen molar-refractivity contribution in [2.45, 2.75) is 38.3 Å². The number of nitrogens with zero attached hydrogens (tertiary/aromatic N) is 1. The topological polar surface area (TPSA) is 35.8 Å². The summed E-state index contributed by atoms with van der Waals surface area (Å²) in [6.07, 6.45) is 3.08. The molecule has 3 unspecified atom stereocenters. The average molecular weight is 267 g/mol. The quantitative estimate of drug-likeness (QED) is 0.903. The summed E-state index contributed by atoms with van der Waals surface area (Å²) in [5.41, 5.74) is 0.949. The number of nitrogens with one attached hydrogen (secondary N) is 1. The lowest BCUT2D eigenvalue weighted by atomic mass is 10.0. The number of rotatable bonds is 3. The number of nitriles is 1. The fourth-order valence-electron chi connectivity index (χ4n) is 2.51. The summed E-state index contributed by atoms with van der Waals surface area (Å²) < 4.78 is 13.1. The first kappa shape index (κ1) is 13.3. The van der Waals surface area contributed by atoms with Crippen LogP contribution in [0.1, 0.15) is 37.8 Å². The van der Waals surface area contributed by atoms with Crippen molar-refractivity contribution in [3.63, 3.8) is 0 Å². The second kappa shape index (κ2) is 5.69. The first-order valence-electron chi connectivity index (χ1n) is 6.22. The highest BCUT2D eigenvalue weighted by molar-refractivity contribution is 6.30. The van der Waals surface area contributed by atoms with Gasteiger partial charge in [0.25, 0.3) is 0 Å². The normalized spacial score (nSPS) is 24.8. The van der Waals surface area contributed by atoms with Crippen molar-refractivity contribution >= 4 is 11.6 Å². The van der Waals surface area contributed by atoms with E-state index in [1.165, 1.54) is 6.07 Å². The van der Waals surface area contributed by atoms with Crippen LogP contribution in [0, 0.1) is 23.1 Å². The van der Waals surface area contributed by atoms with Crippen LogP contribution < -0.4 is 5.32 Å². The highest BCUT2D eigenvalue weighted by Gasteiger charge is 2.28. The second-order valence-electron chi connectivity index (χ2n) is 4.83. The van der Waals surface area contributed by atoms with Gasteiger partial charge in [0.15, 0.2) is 0 Å². The van der Waals surface area contributed by atoms with E-state index in [0.717, 1.165) is 24.8 Å². The molecule has 3 atom stereocenters. The van der Waals surface area contributed by atoms with Gasteiger partial charge in [-0.2, -0.15) is 5.26 Å². The molecule has 1 aliphatic rings. The van der Waals surface area contributed by atoms with Crippen LogP contribution in [-0.2, 0) is 0 Å². The van der Waals surface area contributed by atoms with Crippen LogP contribution in [0.5, 0.6) is 0 Å². The lowest BCUT2D eigenvalue weighted by molar-refractivity contribution is 0.417. The number of hydrogen-bond acceptors (Lipinski definition) is 2. The molecule has 96 valence electrons. The van der Waals surface area contributed by atoms with Crippen molar-refractivity contribution < 1.29 is 4.39 Å². The Morgan fingerprint density at radius 1 is 1.50 bits per heavy atom. The molecule has 0 saturated heterocycles. The van der Waals surface area contributed by atoms with Gasteiger partial charge in [-0.25, -0.2) is 4.39 Å². The van der Waals surface area contributed by atoms with Gasteiger partial charge in [0.1, 0.15) is 5.82 Å². The maximum absolute atomic E-state index is 13.1. The zero-order valence-corrected chi connectivity index (χ0v) is 11.0. The zero-order chi connectivity index (χ0) is 13.1. The van der Waals surface area contributed by atoms with Crippen LogP contribution >= 0.6 is 11.6 Å². The molecule has 0 bridgehead atoms. The molecule has 0 aliphatic heterocycles. The van der Waals surface area contributed by atoms with E-state index in [1.807, 2.05) is 6.92 Å². The fraction of sp³-hybridized carbons (Fsp3) is 0.500. The lowest BCUT2D eigenvalue weighted by Gasteiger charge is -2.22. The third kappa shape index (κ3) is 2.82. The summed E-state index contributed by atoms with van der Waals surface area (Å²) in [6.45, 7) is 2.01. The van der Waals surface area contributed by atoms with Gasteiger partial charge in [-0.1, -0.05) is 24.1 Å². The Kier molecular flexibility index (Phi) is 4.21. The first-order valence-corrected chi connectivity index (χ1v) is 6.60. The Balaban J connectivity index is 2.05. The van der Waals surface area contributed by atoms with Crippen molar-refractivity contribution in [3.8, 4) is 6.07 Å². The lowest BCUT2D eigenvalue weighted by Crippen LogP contribution is -2.33. The summed E-state index contributed by atoms with van der Waals surface area (Å²) >= 11 is 5.78. The first-order chi connectivity index (χ1) is 8.61. The van der Waals surface area contributed by atoms with Crippen molar-refractivity contribution in [1.82, 2.24) is 5.32 Å². The van der Waals surface area contributed by atoms with E-state index in [-0.39, 0.29) is 23.0 Å². The molecule has 2 nitrogen and oxygen atoms in total. The van der Waals surface area contributed by atoms with E-state index in [1.54, 1.807) is 12.1 Å². The van der Waals surface area contributed by atoms with Crippen LogP contribution in [0.3, 0.4) is 0 Å². The van der Waals surface area contributed by atoms with Crippen molar-refractivity contribution in [2.24, 2.45) is 5.92 Å².